The van der Waals surface area contributed by atoms with Gasteiger partial charge in [-0.25, -0.2) is 0 Å². The smallest absolute Gasteiger partial charge is 0.303 e. The number of aliphatic carboxylic acids is 1. The van der Waals surface area contributed by atoms with Crippen molar-refractivity contribution in [2.45, 2.75) is 84.0 Å². The maximum absolute atomic E-state index is 10.3. The van der Waals surface area contributed by atoms with Gasteiger partial charge in [0.05, 0.1) is 0 Å². The summed E-state index contributed by atoms with van der Waals surface area (Å²) >= 11 is 0. The fourth-order valence-electron chi connectivity index (χ4n) is 2.06. The van der Waals surface area contributed by atoms with Crippen LogP contribution in [-0.2, 0) is 4.79 Å². The average molecular weight is 280 g/mol. The highest BCUT2D eigenvalue weighted by Gasteiger charge is 1.95. The molecule has 0 aliphatic rings. The van der Waals surface area contributed by atoms with Crippen LogP contribution in [0.5, 0.6) is 0 Å². The van der Waals surface area contributed by atoms with Crippen LogP contribution in [-0.4, -0.2) is 11.1 Å². The predicted molar refractivity (Wildman–Crippen MR) is 87.0 cm³/mol. The van der Waals surface area contributed by atoms with E-state index < -0.39 is 5.97 Å². The summed E-state index contributed by atoms with van der Waals surface area (Å²) in [5.41, 5.74) is 0. The Kier molecular flexibility index (Phi) is 15.2. The van der Waals surface area contributed by atoms with Gasteiger partial charge in [-0.3, -0.25) is 4.79 Å². The van der Waals surface area contributed by atoms with Crippen LogP contribution < -0.4 is 0 Å². The molecule has 0 aromatic heterocycles. The summed E-state index contributed by atoms with van der Waals surface area (Å²) in [5, 5.41) is 8.50. The number of allylic oxidation sites excluding steroid dienone is 4. The van der Waals surface area contributed by atoms with Gasteiger partial charge in [0.1, 0.15) is 0 Å². The van der Waals surface area contributed by atoms with Crippen LogP contribution >= 0.6 is 0 Å². The van der Waals surface area contributed by atoms with Crippen LogP contribution in [0.25, 0.3) is 0 Å². The zero-order valence-electron chi connectivity index (χ0n) is 13.2. The molecule has 0 radical (unpaired) electrons. The first kappa shape index (κ1) is 18.9. The van der Waals surface area contributed by atoms with E-state index in [0.29, 0.717) is 6.42 Å². The molecule has 0 amide bonds. The molecule has 0 saturated heterocycles. The van der Waals surface area contributed by atoms with E-state index in [4.69, 9.17) is 5.11 Å². The highest BCUT2D eigenvalue weighted by Crippen LogP contribution is 2.08. The molecular formula is C18H32O2. The van der Waals surface area contributed by atoms with Crippen LogP contribution in [0.1, 0.15) is 84.0 Å². The van der Waals surface area contributed by atoms with Gasteiger partial charge in [0.15, 0.2) is 0 Å². The lowest BCUT2D eigenvalue weighted by Gasteiger charge is -1.98. The van der Waals surface area contributed by atoms with Crippen LogP contribution in [0.3, 0.4) is 0 Å². The number of carbonyl (C=O) groups is 1. The first-order valence-electron chi connectivity index (χ1n) is 8.29. The minimum Gasteiger partial charge on any atom is -0.481 e. The molecule has 0 aromatic carbocycles. The van der Waals surface area contributed by atoms with Crippen molar-refractivity contribution in [3.63, 3.8) is 0 Å². The maximum Gasteiger partial charge on any atom is 0.303 e. The zero-order valence-corrected chi connectivity index (χ0v) is 13.2. The fourth-order valence-corrected chi connectivity index (χ4v) is 2.06. The van der Waals surface area contributed by atoms with Crippen LogP contribution in [0.4, 0.5) is 0 Å². The van der Waals surface area contributed by atoms with E-state index in [2.05, 4.69) is 31.2 Å². The summed E-state index contributed by atoms with van der Waals surface area (Å²) < 4.78 is 0. The Bertz CT molecular complexity index is 267. The highest BCUT2D eigenvalue weighted by atomic mass is 16.4. The van der Waals surface area contributed by atoms with Gasteiger partial charge in [-0.2, -0.15) is 0 Å². The molecule has 0 aromatic rings. The molecule has 0 spiro atoms. The normalized spacial score (nSPS) is 11.7. The monoisotopic (exact) mass is 280 g/mol. The van der Waals surface area contributed by atoms with E-state index in [1.165, 1.54) is 57.8 Å². The zero-order chi connectivity index (χ0) is 14.9. The van der Waals surface area contributed by atoms with Crippen molar-refractivity contribution in [1.29, 1.82) is 0 Å². The topological polar surface area (TPSA) is 37.3 Å². The van der Waals surface area contributed by atoms with Gasteiger partial charge in [-0.15, -0.1) is 0 Å². The second-order valence-electron chi connectivity index (χ2n) is 5.36. The number of hydrogen-bond donors (Lipinski definition) is 1. The third-order valence-corrected chi connectivity index (χ3v) is 3.29. The molecule has 0 atom stereocenters. The first-order chi connectivity index (χ1) is 9.77. The summed E-state index contributed by atoms with van der Waals surface area (Å²) in [6.07, 6.45) is 22.3. The standard InChI is InChI=1S/C18H32O2/c1-2-3-4-5-6-7-8-9-10-11-12-13-14-15-16-17-18(19)20/h4-5,9-10H,2-3,6-8,11-17H2,1H3,(H,19,20)/b5-4-,10-9-. The van der Waals surface area contributed by atoms with Crippen molar-refractivity contribution in [3.05, 3.63) is 24.3 Å². The van der Waals surface area contributed by atoms with Gasteiger partial charge in [0, 0.05) is 6.42 Å². The summed E-state index contributed by atoms with van der Waals surface area (Å²) in [4.78, 5) is 10.3. The lowest BCUT2D eigenvalue weighted by atomic mass is 10.1. The molecule has 116 valence electrons. The Balaban J connectivity index is 3.14. The molecule has 0 bridgehead atoms. The summed E-state index contributed by atoms with van der Waals surface area (Å²) in [7, 11) is 0. The van der Waals surface area contributed by atoms with Gasteiger partial charge in [-0.1, -0.05) is 56.9 Å². The molecular weight excluding hydrogens is 248 g/mol. The third-order valence-electron chi connectivity index (χ3n) is 3.29. The van der Waals surface area contributed by atoms with Crippen LogP contribution in [0.2, 0.25) is 0 Å². The Morgan fingerprint density at radius 1 is 0.750 bits per heavy atom. The number of hydrogen-bond acceptors (Lipinski definition) is 1. The lowest BCUT2D eigenvalue weighted by molar-refractivity contribution is -0.137. The van der Waals surface area contributed by atoms with E-state index in [9.17, 15) is 4.79 Å². The maximum atomic E-state index is 10.3. The number of carboxylic acids is 1. The minimum atomic E-state index is -0.669. The molecule has 0 heterocycles. The van der Waals surface area contributed by atoms with E-state index in [1.807, 2.05) is 0 Å². The molecule has 2 nitrogen and oxygen atoms in total. The first-order valence-corrected chi connectivity index (χ1v) is 8.29. The van der Waals surface area contributed by atoms with Gasteiger partial charge in [-0.05, 0) is 44.9 Å². The van der Waals surface area contributed by atoms with E-state index in [1.54, 1.807) is 0 Å². The van der Waals surface area contributed by atoms with Crippen LogP contribution in [0, 0.1) is 0 Å². The van der Waals surface area contributed by atoms with Crippen molar-refractivity contribution in [1.82, 2.24) is 0 Å². The van der Waals surface area contributed by atoms with Crippen molar-refractivity contribution >= 4 is 5.97 Å². The van der Waals surface area contributed by atoms with E-state index >= 15 is 0 Å². The number of rotatable bonds is 14. The number of unbranched alkanes of at least 4 members (excludes halogenated alkanes) is 8. The molecule has 1 N–H and O–H groups in total. The Morgan fingerprint density at radius 2 is 1.25 bits per heavy atom. The second-order valence-corrected chi connectivity index (χ2v) is 5.36. The molecule has 0 aliphatic heterocycles. The molecule has 0 rings (SSSR count). The van der Waals surface area contributed by atoms with Crippen molar-refractivity contribution in [2.24, 2.45) is 0 Å². The van der Waals surface area contributed by atoms with Crippen molar-refractivity contribution in [2.75, 3.05) is 0 Å². The second kappa shape index (κ2) is 16.0. The molecule has 20 heavy (non-hydrogen) atoms. The highest BCUT2D eigenvalue weighted by molar-refractivity contribution is 5.66. The van der Waals surface area contributed by atoms with Crippen molar-refractivity contribution in [3.8, 4) is 0 Å². The third kappa shape index (κ3) is 16.9. The summed E-state index contributed by atoms with van der Waals surface area (Å²) in [6, 6.07) is 0. The fraction of sp³-hybridized carbons (Fsp3) is 0.722. The van der Waals surface area contributed by atoms with Gasteiger partial charge in [0.2, 0.25) is 0 Å². The predicted octanol–water partition coefficient (Wildman–Crippen LogP) is 5.88. The Morgan fingerprint density at radius 3 is 1.85 bits per heavy atom. The molecule has 0 unspecified atom stereocenters. The molecule has 0 aliphatic carbocycles. The minimum absolute atomic E-state index is 0.326. The quantitative estimate of drug-likeness (QED) is 0.318. The Labute approximate surface area is 125 Å². The van der Waals surface area contributed by atoms with Crippen LogP contribution in [0.15, 0.2) is 24.3 Å². The molecule has 0 saturated carbocycles. The summed E-state index contributed by atoms with van der Waals surface area (Å²) in [6.45, 7) is 2.21. The van der Waals surface area contributed by atoms with E-state index in [0.717, 1.165) is 12.8 Å². The van der Waals surface area contributed by atoms with Gasteiger partial charge in [0.25, 0.3) is 0 Å². The number of carboxylic acid groups (broad SMARTS) is 1. The Hall–Kier alpha value is -1.05. The summed E-state index contributed by atoms with van der Waals surface area (Å²) in [5.74, 6) is -0.669. The van der Waals surface area contributed by atoms with Gasteiger partial charge >= 0.3 is 5.97 Å². The van der Waals surface area contributed by atoms with E-state index in [-0.39, 0.29) is 0 Å². The molecule has 0 fully saturated rings. The molecule has 2 heteroatoms. The largest absolute Gasteiger partial charge is 0.481 e. The average Bonchev–Trinajstić information content (AvgIpc) is 2.43. The lowest BCUT2D eigenvalue weighted by Crippen LogP contribution is -1.93. The van der Waals surface area contributed by atoms with Gasteiger partial charge < -0.3 is 5.11 Å². The SMILES string of the molecule is CCC/C=C\CCC/C=C\CCCCCCCC(=O)O. The van der Waals surface area contributed by atoms with Crippen molar-refractivity contribution < 1.29 is 9.90 Å².